The van der Waals surface area contributed by atoms with Gasteiger partial charge >= 0.3 is 0 Å². The molecular weight excluding hydrogens is 257 g/mol. The molecule has 20 heavy (non-hydrogen) atoms. The van der Waals surface area contributed by atoms with E-state index in [2.05, 4.69) is 0 Å². The molecule has 4 heteroatoms. The first-order valence-corrected chi connectivity index (χ1v) is 7.26. The number of ketones is 1. The number of carbonyl (C=O) groups excluding carboxylic acids is 2. The number of aryl methyl sites for hydroxylation is 1. The van der Waals surface area contributed by atoms with Crippen molar-refractivity contribution in [1.82, 2.24) is 0 Å². The van der Waals surface area contributed by atoms with Gasteiger partial charge in [-0.2, -0.15) is 0 Å². The minimum atomic E-state index is -0.260. The van der Waals surface area contributed by atoms with E-state index in [-0.39, 0.29) is 17.6 Å². The Morgan fingerprint density at radius 2 is 2.05 bits per heavy atom. The van der Waals surface area contributed by atoms with Crippen molar-refractivity contribution in [3.05, 3.63) is 29.6 Å². The zero-order chi connectivity index (χ0) is 14.1. The van der Waals surface area contributed by atoms with Crippen molar-refractivity contribution in [2.45, 2.75) is 38.5 Å². The summed E-state index contributed by atoms with van der Waals surface area (Å²) in [4.78, 5) is 25.5. The van der Waals surface area contributed by atoms with Gasteiger partial charge in [-0.1, -0.05) is 0 Å². The lowest BCUT2D eigenvalue weighted by molar-refractivity contribution is -0.121. The topological polar surface area (TPSA) is 37.4 Å². The summed E-state index contributed by atoms with van der Waals surface area (Å²) in [5.41, 5.74) is 1.70. The van der Waals surface area contributed by atoms with Crippen LogP contribution >= 0.6 is 0 Å². The number of benzene rings is 1. The van der Waals surface area contributed by atoms with Crippen molar-refractivity contribution in [2.24, 2.45) is 5.92 Å². The van der Waals surface area contributed by atoms with Crippen LogP contribution in [0.25, 0.3) is 0 Å². The summed E-state index contributed by atoms with van der Waals surface area (Å²) in [5.74, 6) is 0.251. The maximum atomic E-state index is 13.3. The molecule has 0 radical (unpaired) electrons. The summed E-state index contributed by atoms with van der Waals surface area (Å²) in [5, 5.41) is 0. The van der Waals surface area contributed by atoms with E-state index in [1.165, 1.54) is 12.1 Å². The third-order valence-electron chi connectivity index (χ3n) is 4.37. The Morgan fingerprint density at radius 3 is 2.80 bits per heavy atom. The maximum Gasteiger partial charge on any atom is 0.227 e. The molecule has 1 atom stereocenters. The Bertz CT molecular complexity index is 555. The molecule has 1 unspecified atom stereocenters. The molecule has 3 nitrogen and oxygen atoms in total. The molecular formula is C16H18FNO2. The second-order valence-corrected chi connectivity index (χ2v) is 5.66. The SMILES string of the molecule is O=C1CCCC1CCN1C(=O)CCc2cc(F)ccc21. The third-order valence-corrected chi connectivity index (χ3v) is 4.37. The smallest absolute Gasteiger partial charge is 0.227 e. The van der Waals surface area contributed by atoms with Gasteiger partial charge in [-0.3, -0.25) is 9.59 Å². The highest BCUT2D eigenvalue weighted by atomic mass is 19.1. The molecule has 106 valence electrons. The molecule has 1 amide bonds. The number of halogens is 1. The zero-order valence-electron chi connectivity index (χ0n) is 11.4. The van der Waals surface area contributed by atoms with Crippen molar-refractivity contribution < 1.29 is 14.0 Å². The van der Waals surface area contributed by atoms with Crippen LogP contribution in [0.15, 0.2) is 18.2 Å². The van der Waals surface area contributed by atoms with E-state index in [4.69, 9.17) is 0 Å². The van der Waals surface area contributed by atoms with E-state index in [1.807, 2.05) is 0 Å². The van der Waals surface area contributed by atoms with Gasteiger partial charge in [-0.05, 0) is 49.4 Å². The standard InChI is InChI=1S/C16H18FNO2/c17-13-5-6-14-12(10-13)4-7-16(20)18(14)9-8-11-2-1-3-15(11)19/h5-6,10-11H,1-4,7-9H2. The fourth-order valence-electron chi connectivity index (χ4n) is 3.25. The summed E-state index contributed by atoms with van der Waals surface area (Å²) in [7, 11) is 0. The van der Waals surface area contributed by atoms with Crippen molar-refractivity contribution >= 4 is 17.4 Å². The zero-order valence-corrected chi connectivity index (χ0v) is 11.4. The minimum Gasteiger partial charge on any atom is -0.312 e. The molecule has 1 heterocycles. The number of fused-ring (bicyclic) bond motifs is 1. The predicted molar refractivity (Wildman–Crippen MR) is 74.0 cm³/mol. The van der Waals surface area contributed by atoms with Gasteiger partial charge in [0.05, 0.1) is 0 Å². The van der Waals surface area contributed by atoms with Crippen LogP contribution in [0.5, 0.6) is 0 Å². The number of hydrogen-bond donors (Lipinski definition) is 0. The number of carbonyl (C=O) groups is 2. The lowest BCUT2D eigenvalue weighted by Crippen LogP contribution is -2.37. The van der Waals surface area contributed by atoms with Crippen LogP contribution < -0.4 is 4.90 Å². The summed E-state index contributed by atoms with van der Waals surface area (Å²) < 4.78 is 13.3. The monoisotopic (exact) mass is 275 g/mol. The number of amides is 1. The minimum absolute atomic E-state index is 0.0783. The molecule has 0 spiro atoms. The molecule has 1 saturated carbocycles. The number of rotatable bonds is 3. The number of Topliss-reactive ketones (excluding diaryl/α,β-unsaturated/α-hetero) is 1. The van der Waals surface area contributed by atoms with E-state index in [9.17, 15) is 14.0 Å². The highest BCUT2D eigenvalue weighted by Crippen LogP contribution is 2.30. The molecule has 1 aliphatic heterocycles. The Morgan fingerprint density at radius 1 is 1.20 bits per heavy atom. The van der Waals surface area contributed by atoms with Crippen LogP contribution in [0.4, 0.5) is 10.1 Å². The van der Waals surface area contributed by atoms with Gasteiger partial charge in [-0.25, -0.2) is 4.39 Å². The lowest BCUT2D eigenvalue weighted by Gasteiger charge is -2.30. The predicted octanol–water partition coefficient (Wildman–Crippen LogP) is 2.86. The van der Waals surface area contributed by atoms with Crippen LogP contribution in [0, 0.1) is 11.7 Å². The number of hydrogen-bond acceptors (Lipinski definition) is 2. The first-order chi connectivity index (χ1) is 9.65. The van der Waals surface area contributed by atoms with E-state index >= 15 is 0 Å². The fourth-order valence-corrected chi connectivity index (χ4v) is 3.25. The first-order valence-electron chi connectivity index (χ1n) is 7.26. The van der Waals surface area contributed by atoms with Gasteiger partial charge in [-0.15, -0.1) is 0 Å². The van der Waals surface area contributed by atoms with Gasteiger partial charge in [0, 0.05) is 31.0 Å². The Hall–Kier alpha value is -1.71. The molecule has 1 aromatic carbocycles. The quantitative estimate of drug-likeness (QED) is 0.850. The molecule has 0 aromatic heterocycles. The van der Waals surface area contributed by atoms with Crippen LogP contribution in [0.2, 0.25) is 0 Å². The Balaban J connectivity index is 1.75. The van der Waals surface area contributed by atoms with Crippen LogP contribution in [0.1, 0.15) is 37.7 Å². The normalized spacial score (nSPS) is 22.2. The molecule has 0 N–H and O–H groups in total. The maximum absolute atomic E-state index is 13.3. The van der Waals surface area contributed by atoms with Crippen LogP contribution in [0.3, 0.4) is 0 Å². The van der Waals surface area contributed by atoms with Crippen molar-refractivity contribution in [3.63, 3.8) is 0 Å². The molecule has 1 fully saturated rings. The summed E-state index contributed by atoms with van der Waals surface area (Å²) in [6.07, 6.45) is 4.35. The second-order valence-electron chi connectivity index (χ2n) is 5.66. The van der Waals surface area contributed by atoms with E-state index in [0.717, 1.165) is 30.5 Å². The lowest BCUT2D eigenvalue weighted by atomic mass is 9.98. The third kappa shape index (κ3) is 2.47. The highest BCUT2D eigenvalue weighted by molar-refractivity contribution is 5.96. The van der Waals surface area contributed by atoms with E-state index < -0.39 is 0 Å². The Kier molecular flexibility index (Phi) is 3.55. The average Bonchev–Trinajstić information content (AvgIpc) is 2.83. The summed E-state index contributed by atoms with van der Waals surface area (Å²) in [6.45, 7) is 0.563. The Labute approximate surface area is 117 Å². The average molecular weight is 275 g/mol. The van der Waals surface area contributed by atoms with Crippen LogP contribution in [-0.2, 0) is 16.0 Å². The molecule has 1 aromatic rings. The van der Waals surface area contributed by atoms with Crippen molar-refractivity contribution in [1.29, 1.82) is 0 Å². The fraction of sp³-hybridized carbons (Fsp3) is 0.500. The van der Waals surface area contributed by atoms with Gasteiger partial charge < -0.3 is 4.90 Å². The van der Waals surface area contributed by atoms with Gasteiger partial charge in [0.2, 0.25) is 5.91 Å². The first kappa shape index (κ1) is 13.3. The summed E-state index contributed by atoms with van der Waals surface area (Å²) in [6, 6.07) is 4.58. The van der Waals surface area contributed by atoms with Crippen LogP contribution in [-0.4, -0.2) is 18.2 Å². The van der Waals surface area contributed by atoms with Crippen molar-refractivity contribution in [2.75, 3.05) is 11.4 Å². The molecule has 0 bridgehead atoms. The molecule has 0 saturated heterocycles. The van der Waals surface area contributed by atoms with Gasteiger partial charge in [0.1, 0.15) is 11.6 Å². The number of nitrogens with zero attached hydrogens (tertiary/aromatic N) is 1. The van der Waals surface area contributed by atoms with Crippen molar-refractivity contribution in [3.8, 4) is 0 Å². The molecule has 2 aliphatic rings. The van der Waals surface area contributed by atoms with E-state index in [1.54, 1.807) is 11.0 Å². The number of anilines is 1. The molecule has 3 rings (SSSR count). The molecule has 1 aliphatic carbocycles. The summed E-state index contributed by atoms with van der Waals surface area (Å²) >= 11 is 0. The van der Waals surface area contributed by atoms with Gasteiger partial charge in [0.25, 0.3) is 0 Å². The van der Waals surface area contributed by atoms with Gasteiger partial charge in [0.15, 0.2) is 0 Å². The largest absolute Gasteiger partial charge is 0.312 e. The highest BCUT2D eigenvalue weighted by Gasteiger charge is 2.28. The van der Waals surface area contributed by atoms with E-state index in [0.29, 0.717) is 31.6 Å². The second kappa shape index (κ2) is 5.35.